The van der Waals surface area contributed by atoms with E-state index in [1.54, 1.807) is 32.1 Å². The zero-order valence-corrected chi connectivity index (χ0v) is 8.65. The van der Waals surface area contributed by atoms with E-state index in [0.29, 0.717) is 0 Å². The number of nitrogens with one attached hydrogen (secondary N) is 1. The van der Waals surface area contributed by atoms with Crippen LogP contribution < -0.4 is 5.32 Å². The van der Waals surface area contributed by atoms with Crippen LogP contribution in [0.25, 0.3) is 0 Å². The molecular formula is C13H19N. The number of piperidine rings is 2. The molecule has 7 rings (SSSR count). The topological polar surface area (TPSA) is 12.0 Å². The minimum absolute atomic E-state index is 0.938. The van der Waals surface area contributed by atoms with Gasteiger partial charge in [-0.15, -0.1) is 0 Å². The number of rotatable bonds is 0. The Labute approximate surface area is 85.6 Å². The lowest BCUT2D eigenvalue weighted by Crippen LogP contribution is -2.72. The first-order chi connectivity index (χ1) is 6.90. The Morgan fingerprint density at radius 3 is 1.93 bits per heavy atom. The molecule has 5 aliphatic carbocycles. The van der Waals surface area contributed by atoms with Gasteiger partial charge in [0.2, 0.25) is 0 Å². The van der Waals surface area contributed by atoms with Crippen molar-refractivity contribution >= 4 is 0 Å². The molecular weight excluding hydrogens is 170 g/mol. The van der Waals surface area contributed by atoms with Crippen molar-refractivity contribution in [3.8, 4) is 0 Å². The second-order valence-corrected chi connectivity index (χ2v) is 6.75. The standard InChI is InChI=1S/C13H19N/c1-6-2-11-9-4-7-5-10(8(1)9)12(3-6)13(11)14-7/h6-14H,1-5H2. The molecule has 1 nitrogen and oxygen atoms in total. The summed E-state index contributed by atoms with van der Waals surface area (Å²) in [5.74, 6) is 6.90. The monoisotopic (exact) mass is 189 g/mol. The van der Waals surface area contributed by atoms with Crippen LogP contribution in [0.5, 0.6) is 0 Å². The summed E-state index contributed by atoms with van der Waals surface area (Å²) in [6, 6.07) is 1.92. The zero-order chi connectivity index (χ0) is 8.86. The maximum absolute atomic E-state index is 3.96. The van der Waals surface area contributed by atoms with E-state index >= 15 is 0 Å². The lowest BCUT2D eigenvalue weighted by Gasteiger charge is -2.69. The molecule has 7 aliphatic rings. The lowest BCUT2D eigenvalue weighted by atomic mass is 9.40. The molecule has 5 saturated carbocycles. The average molecular weight is 189 g/mol. The number of hydrogen-bond acceptors (Lipinski definition) is 1. The smallest absolute Gasteiger partial charge is 0.0132 e. The molecule has 0 amide bonds. The van der Waals surface area contributed by atoms with E-state index in [1.165, 1.54) is 5.92 Å². The van der Waals surface area contributed by atoms with Crippen LogP contribution in [-0.4, -0.2) is 12.1 Å². The highest BCUT2D eigenvalue weighted by Gasteiger charge is 2.63. The van der Waals surface area contributed by atoms with E-state index in [2.05, 4.69) is 5.32 Å². The van der Waals surface area contributed by atoms with Gasteiger partial charge in [0.05, 0.1) is 0 Å². The van der Waals surface area contributed by atoms with Crippen LogP contribution in [0.15, 0.2) is 0 Å². The summed E-state index contributed by atoms with van der Waals surface area (Å²) >= 11 is 0. The van der Waals surface area contributed by atoms with Gasteiger partial charge in [0.1, 0.15) is 0 Å². The van der Waals surface area contributed by atoms with E-state index in [-0.39, 0.29) is 0 Å². The molecule has 76 valence electrons. The Bertz CT molecular complexity index is 210. The van der Waals surface area contributed by atoms with E-state index < -0.39 is 0 Å². The van der Waals surface area contributed by atoms with Crippen molar-refractivity contribution in [1.29, 1.82) is 0 Å². The predicted molar refractivity (Wildman–Crippen MR) is 54.7 cm³/mol. The molecule has 8 bridgehead atoms. The molecule has 4 unspecified atom stereocenters. The molecule has 0 spiro atoms. The maximum atomic E-state index is 3.96. The Hall–Kier alpha value is -0.0400. The van der Waals surface area contributed by atoms with Crippen LogP contribution in [0, 0.1) is 35.5 Å². The third-order valence-corrected chi connectivity index (χ3v) is 6.48. The molecule has 2 aliphatic heterocycles. The third kappa shape index (κ3) is 0.625. The van der Waals surface area contributed by atoms with Crippen molar-refractivity contribution in [1.82, 2.24) is 5.32 Å². The van der Waals surface area contributed by atoms with Crippen LogP contribution in [0.3, 0.4) is 0 Å². The molecule has 4 atom stereocenters. The van der Waals surface area contributed by atoms with Crippen LogP contribution >= 0.6 is 0 Å². The van der Waals surface area contributed by atoms with Gasteiger partial charge in [-0.3, -0.25) is 0 Å². The SMILES string of the molecule is C1C2CC3C4CC5CC(C14)C(C2)C3N5. The van der Waals surface area contributed by atoms with Gasteiger partial charge in [-0.25, -0.2) is 0 Å². The second kappa shape index (κ2) is 2.07. The zero-order valence-electron chi connectivity index (χ0n) is 8.65. The van der Waals surface area contributed by atoms with Gasteiger partial charge < -0.3 is 5.32 Å². The molecule has 0 aromatic rings. The van der Waals surface area contributed by atoms with E-state index in [0.717, 1.165) is 41.7 Å². The summed E-state index contributed by atoms with van der Waals surface area (Å²) in [4.78, 5) is 0. The fourth-order valence-electron chi connectivity index (χ4n) is 6.35. The maximum Gasteiger partial charge on any atom is 0.0132 e. The summed E-state index contributed by atoms with van der Waals surface area (Å²) in [5, 5.41) is 3.96. The average Bonchev–Trinajstić information content (AvgIpc) is 2.24. The molecule has 0 radical (unpaired) electrons. The normalized spacial score (nSPS) is 72.0. The Balaban J connectivity index is 1.70. The van der Waals surface area contributed by atoms with Gasteiger partial charge in [-0.05, 0) is 67.6 Å². The predicted octanol–water partition coefficient (Wildman–Crippen LogP) is 2.03. The number of hydrogen-bond donors (Lipinski definition) is 1. The molecule has 1 heteroatoms. The molecule has 7 fully saturated rings. The molecule has 1 N–H and O–H groups in total. The second-order valence-electron chi connectivity index (χ2n) is 6.75. The van der Waals surface area contributed by atoms with Crippen LogP contribution in [0.1, 0.15) is 32.1 Å². The molecule has 0 aromatic carbocycles. The Morgan fingerprint density at radius 2 is 1.21 bits per heavy atom. The molecule has 2 heterocycles. The van der Waals surface area contributed by atoms with E-state index in [9.17, 15) is 0 Å². The minimum atomic E-state index is 0.938. The minimum Gasteiger partial charge on any atom is -0.311 e. The Kier molecular flexibility index (Phi) is 1.07. The highest BCUT2D eigenvalue weighted by Crippen LogP contribution is 2.65. The van der Waals surface area contributed by atoms with Crippen LogP contribution in [-0.2, 0) is 0 Å². The summed E-state index contributed by atoms with van der Waals surface area (Å²) in [5.41, 5.74) is 0. The molecule has 14 heavy (non-hydrogen) atoms. The van der Waals surface area contributed by atoms with E-state index in [4.69, 9.17) is 0 Å². The fourth-order valence-corrected chi connectivity index (χ4v) is 6.35. The van der Waals surface area contributed by atoms with Crippen LogP contribution in [0.4, 0.5) is 0 Å². The first kappa shape index (κ1) is 7.27. The summed E-state index contributed by atoms with van der Waals surface area (Å²) in [7, 11) is 0. The van der Waals surface area contributed by atoms with E-state index in [1.807, 2.05) is 0 Å². The van der Waals surface area contributed by atoms with Gasteiger partial charge in [0.15, 0.2) is 0 Å². The Morgan fingerprint density at radius 1 is 0.643 bits per heavy atom. The van der Waals surface area contributed by atoms with Gasteiger partial charge in [0, 0.05) is 12.1 Å². The lowest BCUT2D eigenvalue weighted by molar-refractivity contribution is -0.174. The van der Waals surface area contributed by atoms with Gasteiger partial charge in [-0.2, -0.15) is 0 Å². The summed E-state index contributed by atoms with van der Waals surface area (Å²) in [6.07, 6.45) is 7.90. The van der Waals surface area contributed by atoms with Crippen LogP contribution in [0.2, 0.25) is 0 Å². The fraction of sp³-hybridized carbons (Fsp3) is 1.00. The highest BCUT2D eigenvalue weighted by atomic mass is 15.0. The molecule has 0 aromatic heterocycles. The van der Waals surface area contributed by atoms with Gasteiger partial charge >= 0.3 is 0 Å². The summed E-state index contributed by atoms with van der Waals surface area (Å²) in [6.45, 7) is 0. The first-order valence-corrected chi connectivity index (χ1v) is 6.66. The largest absolute Gasteiger partial charge is 0.311 e. The van der Waals surface area contributed by atoms with Crippen molar-refractivity contribution in [3.63, 3.8) is 0 Å². The highest BCUT2D eigenvalue weighted by molar-refractivity contribution is 5.16. The van der Waals surface area contributed by atoms with Gasteiger partial charge in [0.25, 0.3) is 0 Å². The first-order valence-electron chi connectivity index (χ1n) is 6.66. The van der Waals surface area contributed by atoms with Crippen molar-refractivity contribution in [2.75, 3.05) is 0 Å². The van der Waals surface area contributed by atoms with Crippen molar-refractivity contribution < 1.29 is 0 Å². The van der Waals surface area contributed by atoms with Gasteiger partial charge in [-0.1, -0.05) is 0 Å². The van der Waals surface area contributed by atoms with Crippen molar-refractivity contribution in [3.05, 3.63) is 0 Å². The van der Waals surface area contributed by atoms with Crippen molar-refractivity contribution in [2.24, 2.45) is 35.5 Å². The molecule has 2 saturated heterocycles. The van der Waals surface area contributed by atoms with Crippen molar-refractivity contribution in [2.45, 2.75) is 44.2 Å². The summed E-state index contributed by atoms with van der Waals surface area (Å²) < 4.78 is 0. The quantitative estimate of drug-likeness (QED) is 0.615. The third-order valence-electron chi connectivity index (χ3n) is 6.48.